The first-order valence-corrected chi connectivity index (χ1v) is 11.5. The Kier molecular flexibility index (Phi) is 7.53. The monoisotopic (exact) mass is 470 g/mol. The van der Waals surface area contributed by atoms with Gasteiger partial charge >= 0.3 is 0 Å². The quantitative estimate of drug-likeness (QED) is 0.462. The van der Waals surface area contributed by atoms with Crippen molar-refractivity contribution < 1.29 is 18.8 Å². The third-order valence-corrected chi connectivity index (χ3v) is 5.38. The number of hydrogen-bond donors (Lipinski definition) is 1. The molecule has 0 saturated carbocycles. The fourth-order valence-corrected chi connectivity index (χ4v) is 3.79. The molecule has 11 heteroatoms. The van der Waals surface area contributed by atoms with Crippen LogP contribution in [0.3, 0.4) is 0 Å². The molecule has 0 aromatic carbocycles. The van der Waals surface area contributed by atoms with Gasteiger partial charge in [0.05, 0.1) is 31.4 Å². The van der Waals surface area contributed by atoms with Crippen LogP contribution in [0.5, 0.6) is 5.75 Å². The van der Waals surface area contributed by atoms with E-state index in [4.69, 9.17) is 14.0 Å². The summed E-state index contributed by atoms with van der Waals surface area (Å²) in [7, 11) is 0. The van der Waals surface area contributed by atoms with E-state index in [1.807, 2.05) is 13.8 Å². The van der Waals surface area contributed by atoms with Crippen molar-refractivity contribution in [1.82, 2.24) is 29.9 Å². The summed E-state index contributed by atoms with van der Waals surface area (Å²) in [6.45, 7) is 10.1. The highest BCUT2D eigenvalue weighted by Crippen LogP contribution is 2.20. The Bertz CT molecular complexity index is 1200. The van der Waals surface area contributed by atoms with Gasteiger partial charge in [-0.05, 0) is 33.3 Å². The molecule has 1 saturated heterocycles. The summed E-state index contributed by atoms with van der Waals surface area (Å²) < 4.78 is 17.7. The topological polar surface area (TPSA) is 125 Å². The molecule has 4 rings (SSSR count). The van der Waals surface area contributed by atoms with Crippen LogP contribution in [-0.4, -0.2) is 76.0 Å². The van der Waals surface area contributed by atoms with Crippen molar-refractivity contribution in [1.29, 1.82) is 0 Å². The summed E-state index contributed by atoms with van der Waals surface area (Å²) in [5.74, 6) is 0.969. The molecule has 1 fully saturated rings. The van der Waals surface area contributed by atoms with Crippen LogP contribution in [-0.2, 0) is 16.1 Å². The fourth-order valence-electron chi connectivity index (χ4n) is 3.79. The molecule has 1 aliphatic rings. The Hall–Kier alpha value is -3.31. The Morgan fingerprint density at radius 3 is 2.76 bits per heavy atom. The van der Waals surface area contributed by atoms with Gasteiger partial charge in [-0.1, -0.05) is 5.16 Å². The summed E-state index contributed by atoms with van der Waals surface area (Å²) in [5.41, 5.74) is 0.215. The number of morpholine rings is 1. The van der Waals surface area contributed by atoms with E-state index >= 15 is 0 Å². The zero-order valence-corrected chi connectivity index (χ0v) is 19.7. The molecule has 1 N–H and O–H groups in total. The molecule has 34 heavy (non-hydrogen) atoms. The van der Waals surface area contributed by atoms with Crippen molar-refractivity contribution in [3.05, 3.63) is 34.4 Å². The van der Waals surface area contributed by atoms with Gasteiger partial charge in [-0.3, -0.25) is 19.1 Å². The molecule has 182 valence electrons. The lowest BCUT2D eigenvalue weighted by Gasteiger charge is -2.26. The molecule has 3 aromatic heterocycles. The molecule has 0 bridgehead atoms. The van der Waals surface area contributed by atoms with Gasteiger partial charge in [0.15, 0.2) is 11.5 Å². The van der Waals surface area contributed by atoms with Gasteiger partial charge in [0, 0.05) is 31.7 Å². The van der Waals surface area contributed by atoms with E-state index in [1.165, 1.54) is 4.57 Å². The SMILES string of the molecule is Cc1cc(-c2nc3ncc(OCCCN4CCOCC4)cc3c(=O)n2CC(=O)NC(C)C)no1. The molecule has 1 amide bonds. The van der Waals surface area contributed by atoms with Gasteiger partial charge in [-0.15, -0.1) is 0 Å². The number of carbonyl (C=O) groups excluding carboxylic acids is 1. The van der Waals surface area contributed by atoms with Gasteiger partial charge in [0.2, 0.25) is 5.91 Å². The Labute approximate surface area is 197 Å². The van der Waals surface area contributed by atoms with E-state index in [2.05, 4.69) is 25.3 Å². The predicted octanol–water partition coefficient (Wildman–Crippen LogP) is 1.38. The standard InChI is InChI=1S/C23H30N6O5/c1-15(2)25-20(30)14-29-22(19-11-16(3)34-27-19)26-21-18(23(29)31)12-17(13-24-21)33-8-4-5-28-6-9-32-10-7-28/h11-13,15H,4-10,14H2,1-3H3,(H,25,30). The van der Waals surface area contributed by atoms with Crippen LogP contribution in [0, 0.1) is 6.92 Å². The maximum atomic E-state index is 13.4. The summed E-state index contributed by atoms with van der Waals surface area (Å²) in [6, 6.07) is 3.23. The number of nitrogens with one attached hydrogen (secondary N) is 1. The first kappa shape index (κ1) is 23.8. The molecule has 0 aliphatic carbocycles. The highest BCUT2D eigenvalue weighted by molar-refractivity contribution is 5.80. The molecule has 11 nitrogen and oxygen atoms in total. The highest BCUT2D eigenvalue weighted by Gasteiger charge is 2.19. The minimum Gasteiger partial charge on any atom is -0.492 e. The van der Waals surface area contributed by atoms with Crippen molar-refractivity contribution in [3.8, 4) is 17.3 Å². The van der Waals surface area contributed by atoms with E-state index in [1.54, 1.807) is 25.3 Å². The largest absolute Gasteiger partial charge is 0.492 e. The molecule has 4 heterocycles. The average Bonchev–Trinajstić information content (AvgIpc) is 3.25. The zero-order valence-electron chi connectivity index (χ0n) is 19.7. The van der Waals surface area contributed by atoms with Gasteiger partial charge in [-0.25, -0.2) is 9.97 Å². The highest BCUT2D eigenvalue weighted by atomic mass is 16.5. The fraction of sp³-hybridized carbons (Fsp3) is 0.522. The Morgan fingerprint density at radius 1 is 1.26 bits per heavy atom. The smallest absolute Gasteiger partial charge is 0.263 e. The maximum absolute atomic E-state index is 13.4. The number of hydrogen-bond acceptors (Lipinski definition) is 9. The van der Waals surface area contributed by atoms with Crippen molar-refractivity contribution in [2.24, 2.45) is 0 Å². The first-order chi connectivity index (χ1) is 16.4. The molecule has 0 unspecified atom stereocenters. The lowest BCUT2D eigenvalue weighted by atomic mass is 10.2. The number of amides is 1. The van der Waals surface area contributed by atoms with E-state index < -0.39 is 5.56 Å². The van der Waals surface area contributed by atoms with E-state index in [0.717, 1.165) is 39.3 Å². The summed E-state index contributed by atoms with van der Waals surface area (Å²) in [6.07, 6.45) is 2.40. The molecular weight excluding hydrogens is 440 g/mol. The minimum absolute atomic E-state index is 0.0616. The number of nitrogens with zero attached hydrogens (tertiary/aromatic N) is 5. The van der Waals surface area contributed by atoms with Crippen molar-refractivity contribution in [3.63, 3.8) is 0 Å². The second kappa shape index (κ2) is 10.7. The van der Waals surface area contributed by atoms with Crippen LogP contribution in [0.25, 0.3) is 22.6 Å². The predicted molar refractivity (Wildman–Crippen MR) is 125 cm³/mol. The number of rotatable bonds is 9. The first-order valence-electron chi connectivity index (χ1n) is 11.5. The van der Waals surface area contributed by atoms with E-state index in [-0.39, 0.29) is 35.4 Å². The van der Waals surface area contributed by atoms with E-state index in [0.29, 0.717) is 23.8 Å². The van der Waals surface area contributed by atoms with Gasteiger partial charge in [0.25, 0.3) is 5.56 Å². The lowest BCUT2D eigenvalue weighted by molar-refractivity contribution is -0.122. The molecule has 0 atom stereocenters. The van der Waals surface area contributed by atoms with Crippen molar-refractivity contribution in [2.75, 3.05) is 39.5 Å². The summed E-state index contributed by atoms with van der Waals surface area (Å²) in [5, 5.41) is 7.05. The van der Waals surface area contributed by atoms with Crippen LogP contribution < -0.4 is 15.6 Å². The number of ether oxygens (including phenoxy) is 2. The number of pyridine rings is 1. The normalized spacial score (nSPS) is 14.6. The molecule has 0 spiro atoms. The van der Waals surface area contributed by atoms with Gasteiger partial charge in [0.1, 0.15) is 23.7 Å². The third kappa shape index (κ3) is 5.78. The average molecular weight is 471 g/mol. The molecule has 3 aromatic rings. The van der Waals surface area contributed by atoms with Crippen LogP contribution >= 0.6 is 0 Å². The zero-order chi connectivity index (χ0) is 24.1. The summed E-state index contributed by atoms with van der Waals surface area (Å²) in [4.78, 5) is 37.1. The minimum atomic E-state index is -0.397. The van der Waals surface area contributed by atoms with Crippen molar-refractivity contribution in [2.45, 2.75) is 39.8 Å². The van der Waals surface area contributed by atoms with Crippen molar-refractivity contribution >= 4 is 16.9 Å². The number of aromatic nitrogens is 4. The number of fused-ring (bicyclic) bond motifs is 1. The van der Waals surface area contributed by atoms with Crippen LogP contribution in [0.4, 0.5) is 0 Å². The number of carbonyl (C=O) groups is 1. The van der Waals surface area contributed by atoms with Gasteiger partial charge in [-0.2, -0.15) is 0 Å². The third-order valence-electron chi connectivity index (χ3n) is 5.38. The summed E-state index contributed by atoms with van der Waals surface area (Å²) >= 11 is 0. The van der Waals surface area contributed by atoms with Crippen LogP contribution in [0.15, 0.2) is 27.6 Å². The lowest BCUT2D eigenvalue weighted by Crippen LogP contribution is -2.37. The van der Waals surface area contributed by atoms with E-state index in [9.17, 15) is 9.59 Å². The van der Waals surface area contributed by atoms with Crippen LogP contribution in [0.1, 0.15) is 26.0 Å². The Morgan fingerprint density at radius 2 is 2.06 bits per heavy atom. The molecule has 0 radical (unpaired) electrons. The molecular formula is C23H30N6O5. The second-order valence-corrected chi connectivity index (χ2v) is 8.57. The maximum Gasteiger partial charge on any atom is 0.263 e. The van der Waals surface area contributed by atoms with Crippen LogP contribution in [0.2, 0.25) is 0 Å². The molecule has 1 aliphatic heterocycles. The number of aryl methyl sites for hydroxylation is 1. The Balaban J connectivity index is 1.57. The second-order valence-electron chi connectivity index (χ2n) is 8.57. The van der Waals surface area contributed by atoms with Gasteiger partial charge < -0.3 is 19.3 Å².